The molecule has 0 spiro atoms. The Morgan fingerprint density at radius 1 is 1.44 bits per heavy atom. The van der Waals surface area contributed by atoms with Gasteiger partial charge in [-0.1, -0.05) is 13.8 Å². The Hall–Kier alpha value is -0.610. The number of hydrogen-bond acceptors (Lipinski definition) is 3. The van der Waals surface area contributed by atoms with Crippen LogP contribution in [0.3, 0.4) is 0 Å². The highest BCUT2D eigenvalue weighted by Crippen LogP contribution is 2.38. The summed E-state index contributed by atoms with van der Waals surface area (Å²) in [4.78, 5) is 10.7. The molecule has 0 aromatic rings. The molecule has 4 unspecified atom stereocenters. The Morgan fingerprint density at radius 2 is 2.06 bits per heavy atom. The van der Waals surface area contributed by atoms with E-state index >= 15 is 0 Å². The summed E-state index contributed by atoms with van der Waals surface area (Å²) in [6, 6.07) is 0. The standard InChI is InChI=1S/C12H22O4/c1-4-8-6-9(10(5-2)16-8)12(3,15)7-11(13)14/h8-10,15H,4-7H2,1-3H3,(H,13,14). The summed E-state index contributed by atoms with van der Waals surface area (Å²) in [5, 5.41) is 19.0. The minimum Gasteiger partial charge on any atom is -0.481 e. The van der Waals surface area contributed by atoms with Gasteiger partial charge in [-0.15, -0.1) is 0 Å². The van der Waals surface area contributed by atoms with Crippen molar-refractivity contribution in [1.29, 1.82) is 0 Å². The van der Waals surface area contributed by atoms with E-state index in [0.717, 1.165) is 19.3 Å². The molecule has 1 aliphatic rings. The van der Waals surface area contributed by atoms with E-state index in [1.165, 1.54) is 0 Å². The van der Waals surface area contributed by atoms with Gasteiger partial charge in [0.1, 0.15) is 0 Å². The number of carboxylic acids is 1. The van der Waals surface area contributed by atoms with Crippen LogP contribution < -0.4 is 0 Å². The van der Waals surface area contributed by atoms with E-state index in [1.54, 1.807) is 6.92 Å². The number of ether oxygens (including phenoxy) is 1. The second-order valence-corrected chi connectivity index (χ2v) is 4.88. The van der Waals surface area contributed by atoms with E-state index < -0.39 is 11.6 Å². The van der Waals surface area contributed by atoms with Crippen LogP contribution >= 0.6 is 0 Å². The molecule has 0 radical (unpaired) electrons. The molecule has 94 valence electrons. The molecular formula is C12H22O4. The van der Waals surface area contributed by atoms with Gasteiger partial charge < -0.3 is 14.9 Å². The zero-order valence-electron chi connectivity index (χ0n) is 10.3. The first-order valence-electron chi connectivity index (χ1n) is 6.00. The summed E-state index contributed by atoms with van der Waals surface area (Å²) >= 11 is 0. The first kappa shape index (κ1) is 13.5. The maximum Gasteiger partial charge on any atom is 0.306 e. The second-order valence-electron chi connectivity index (χ2n) is 4.88. The molecule has 0 aromatic heterocycles. The molecular weight excluding hydrogens is 208 g/mol. The molecule has 4 nitrogen and oxygen atoms in total. The average molecular weight is 230 g/mol. The number of aliphatic hydroxyl groups is 1. The number of rotatable bonds is 5. The molecule has 0 bridgehead atoms. The molecule has 0 amide bonds. The lowest BCUT2D eigenvalue weighted by molar-refractivity contribution is -0.145. The van der Waals surface area contributed by atoms with Gasteiger partial charge in [0.2, 0.25) is 0 Å². The minimum absolute atomic E-state index is 0.0145. The molecule has 4 heteroatoms. The van der Waals surface area contributed by atoms with Crippen LogP contribution in [0.4, 0.5) is 0 Å². The van der Waals surface area contributed by atoms with Crippen molar-refractivity contribution in [3.63, 3.8) is 0 Å². The lowest BCUT2D eigenvalue weighted by Crippen LogP contribution is -2.41. The summed E-state index contributed by atoms with van der Waals surface area (Å²) in [6.45, 7) is 5.66. The highest BCUT2D eigenvalue weighted by Gasteiger charge is 2.45. The molecule has 16 heavy (non-hydrogen) atoms. The van der Waals surface area contributed by atoms with Gasteiger partial charge in [0.25, 0.3) is 0 Å². The van der Waals surface area contributed by atoms with Crippen molar-refractivity contribution in [3.8, 4) is 0 Å². The van der Waals surface area contributed by atoms with Gasteiger partial charge in [0, 0.05) is 5.92 Å². The molecule has 1 rings (SSSR count). The third kappa shape index (κ3) is 2.95. The third-order valence-electron chi connectivity index (χ3n) is 3.50. The Kier molecular flexibility index (Phi) is 4.33. The second kappa shape index (κ2) is 5.15. The van der Waals surface area contributed by atoms with Crippen molar-refractivity contribution in [3.05, 3.63) is 0 Å². The zero-order valence-corrected chi connectivity index (χ0v) is 10.3. The normalized spacial score (nSPS) is 33.6. The lowest BCUT2D eigenvalue weighted by Gasteiger charge is -2.31. The smallest absolute Gasteiger partial charge is 0.306 e. The van der Waals surface area contributed by atoms with Gasteiger partial charge >= 0.3 is 5.97 Å². The van der Waals surface area contributed by atoms with Gasteiger partial charge in [-0.25, -0.2) is 0 Å². The van der Waals surface area contributed by atoms with Crippen molar-refractivity contribution in [1.82, 2.24) is 0 Å². The fourth-order valence-corrected chi connectivity index (χ4v) is 2.57. The van der Waals surface area contributed by atoms with Crippen LogP contribution in [0, 0.1) is 5.92 Å². The topological polar surface area (TPSA) is 66.8 Å². The summed E-state index contributed by atoms with van der Waals surface area (Å²) < 4.78 is 5.79. The van der Waals surface area contributed by atoms with E-state index in [-0.39, 0.29) is 24.5 Å². The quantitative estimate of drug-likeness (QED) is 0.756. The summed E-state index contributed by atoms with van der Waals surface area (Å²) in [6.07, 6.45) is 2.42. The number of carbonyl (C=O) groups is 1. The van der Waals surface area contributed by atoms with Crippen LogP contribution in [0.2, 0.25) is 0 Å². The molecule has 0 aromatic carbocycles. The molecule has 4 atom stereocenters. The fraction of sp³-hybridized carbons (Fsp3) is 0.917. The van der Waals surface area contributed by atoms with Crippen molar-refractivity contribution in [2.24, 2.45) is 5.92 Å². The van der Waals surface area contributed by atoms with Crippen LogP contribution in [0.5, 0.6) is 0 Å². The van der Waals surface area contributed by atoms with Gasteiger partial charge in [0.05, 0.1) is 24.2 Å². The number of aliphatic carboxylic acids is 1. The number of carboxylic acid groups (broad SMARTS) is 1. The van der Waals surface area contributed by atoms with Gasteiger partial charge in [-0.2, -0.15) is 0 Å². The number of hydrogen-bond donors (Lipinski definition) is 2. The van der Waals surface area contributed by atoms with Crippen molar-refractivity contribution >= 4 is 5.97 Å². The van der Waals surface area contributed by atoms with Crippen molar-refractivity contribution in [2.75, 3.05) is 0 Å². The van der Waals surface area contributed by atoms with E-state index in [1.807, 2.05) is 13.8 Å². The summed E-state index contributed by atoms with van der Waals surface area (Å²) in [7, 11) is 0. The van der Waals surface area contributed by atoms with Crippen LogP contribution in [0.25, 0.3) is 0 Å². The fourth-order valence-electron chi connectivity index (χ4n) is 2.57. The third-order valence-corrected chi connectivity index (χ3v) is 3.50. The largest absolute Gasteiger partial charge is 0.481 e. The van der Waals surface area contributed by atoms with Crippen LogP contribution in [0.1, 0.15) is 46.5 Å². The molecule has 1 saturated heterocycles. The lowest BCUT2D eigenvalue weighted by atomic mass is 9.80. The molecule has 1 aliphatic heterocycles. The molecule has 2 N–H and O–H groups in total. The van der Waals surface area contributed by atoms with E-state index in [9.17, 15) is 9.90 Å². The minimum atomic E-state index is -1.17. The SMILES string of the molecule is CCC1CC(C(C)(O)CC(=O)O)C(CC)O1. The van der Waals surface area contributed by atoms with E-state index in [4.69, 9.17) is 9.84 Å². The maximum atomic E-state index is 10.7. The Balaban J connectivity index is 2.73. The summed E-state index contributed by atoms with van der Waals surface area (Å²) in [5.74, 6) is -1.03. The van der Waals surface area contributed by atoms with Crippen LogP contribution in [0.15, 0.2) is 0 Å². The van der Waals surface area contributed by atoms with Crippen molar-refractivity contribution in [2.45, 2.75) is 64.3 Å². The van der Waals surface area contributed by atoms with E-state index in [2.05, 4.69) is 0 Å². The monoisotopic (exact) mass is 230 g/mol. The molecule has 0 aliphatic carbocycles. The Bertz CT molecular complexity index is 249. The van der Waals surface area contributed by atoms with Gasteiger partial charge in [-0.3, -0.25) is 4.79 Å². The predicted molar refractivity (Wildman–Crippen MR) is 60.2 cm³/mol. The van der Waals surface area contributed by atoms with Crippen LogP contribution in [-0.2, 0) is 9.53 Å². The van der Waals surface area contributed by atoms with Gasteiger partial charge in [-0.05, 0) is 26.2 Å². The molecule has 1 heterocycles. The van der Waals surface area contributed by atoms with E-state index in [0.29, 0.717) is 0 Å². The average Bonchev–Trinajstić information content (AvgIpc) is 2.59. The molecule has 0 saturated carbocycles. The Labute approximate surface area is 96.6 Å². The van der Waals surface area contributed by atoms with Crippen LogP contribution in [-0.4, -0.2) is 34.0 Å². The van der Waals surface area contributed by atoms with Gasteiger partial charge in [0.15, 0.2) is 0 Å². The highest BCUT2D eigenvalue weighted by molar-refractivity contribution is 5.68. The first-order chi connectivity index (χ1) is 7.40. The summed E-state index contributed by atoms with van der Waals surface area (Å²) in [5.41, 5.74) is -1.17. The maximum absolute atomic E-state index is 10.7. The molecule has 1 fully saturated rings. The first-order valence-corrected chi connectivity index (χ1v) is 6.00. The van der Waals surface area contributed by atoms with Crippen molar-refractivity contribution < 1.29 is 19.7 Å². The highest BCUT2D eigenvalue weighted by atomic mass is 16.5. The zero-order chi connectivity index (χ0) is 12.3. The predicted octanol–water partition coefficient (Wildman–Crippen LogP) is 1.81. The Morgan fingerprint density at radius 3 is 2.50 bits per heavy atom.